The first-order valence-electron chi connectivity index (χ1n) is 8.42. The zero-order valence-corrected chi connectivity index (χ0v) is 17.0. The lowest BCUT2D eigenvalue weighted by Crippen LogP contribution is -2.36. The molecule has 1 saturated heterocycles. The molecule has 4 N–H and O–H groups in total. The highest BCUT2D eigenvalue weighted by molar-refractivity contribution is 7.20. The molecule has 2 heterocycles. The van der Waals surface area contributed by atoms with Crippen molar-refractivity contribution in [2.75, 3.05) is 20.1 Å². The van der Waals surface area contributed by atoms with Crippen LogP contribution in [0, 0.1) is 5.41 Å². The Morgan fingerprint density at radius 3 is 2.59 bits per heavy atom. The third-order valence-corrected chi connectivity index (χ3v) is 5.84. The smallest absolute Gasteiger partial charge is 0.258 e. The summed E-state index contributed by atoms with van der Waals surface area (Å²) in [6, 6.07) is 6.95. The first kappa shape index (κ1) is 19.9. The van der Waals surface area contributed by atoms with E-state index in [2.05, 4.69) is 17.3 Å². The standard InChI is InChI=1S/C18H20Cl2N4O2S/c1-24-4-2-12(3-5-24)26-13-7-10(14-9-15(19)27-16(14)20)6-11(8-13)17(25)23-18(21)22/h6-9,12H,2-5H2,1H3,(H4,21,22,23,25). The lowest BCUT2D eigenvalue weighted by atomic mass is 10.0. The van der Waals surface area contributed by atoms with Crippen LogP contribution in [0.25, 0.3) is 11.1 Å². The van der Waals surface area contributed by atoms with Crippen molar-refractivity contribution < 1.29 is 9.53 Å². The van der Waals surface area contributed by atoms with Crippen molar-refractivity contribution in [3.05, 3.63) is 38.5 Å². The van der Waals surface area contributed by atoms with Crippen molar-refractivity contribution >= 4 is 46.4 Å². The van der Waals surface area contributed by atoms with Gasteiger partial charge in [-0.1, -0.05) is 23.2 Å². The second kappa shape index (κ2) is 8.48. The van der Waals surface area contributed by atoms with Gasteiger partial charge in [0.05, 0.1) is 4.34 Å². The summed E-state index contributed by atoms with van der Waals surface area (Å²) in [5.74, 6) is -0.316. The van der Waals surface area contributed by atoms with Crippen LogP contribution in [0.15, 0.2) is 24.3 Å². The molecule has 0 atom stereocenters. The van der Waals surface area contributed by atoms with E-state index in [4.69, 9.17) is 39.1 Å². The van der Waals surface area contributed by atoms with Crippen LogP contribution >= 0.6 is 34.5 Å². The molecule has 1 aromatic heterocycles. The van der Waals surface area contributed by atoms with Gasteiger partial charge in [-0.2, -0.15) is 0 Å². The number of benzene rings is 1. The van der Waals surface area contributed by atoms with Gasteiger partial charge < -0.3 is 15.4 Å². The molecular weight excluding hydrogens is 407 g/mol. The molecule has 0 radical (unpaired) electrons. The van der Waals surface area contributed by atoms with Gasteiger partial charge in [0.25, 0.3) is 5.91 Å². The Morgan fingerprint density at radius 2 is 2.00 bits per heavy atom. The summed E-state index contributed by atoms with van der Waals surface area (Å²) in [6.07, 6.45) is 1.92. The quantitative estimate of drug-likeness (QED) is 0.511. The number of hydrogen-bond acceptors (Lipinski definition) is 5. The van der Waals surface area contributed by atoms with Gasteiger partial charge in [-0.25, -0.2) is 0 Å². The van der Waals surface area contributed by atoms with E-state index >= 15 is 0 Å². The molecule has 0 saturated carbocycles. The number of thiophene rings is 1. The van der Waals surface area contributed by atoms with Gasteiger partial charge in [0.1, 0.15) is 16.2 Å². The monoisotopic (exact) mass is 426 g/mol. The van der Waals surface area contributed by atoms with Crippen LogP contribution in [0.2, 0.25) is 8.67 Å². The fourth-order valence-electron chi connectivity index (χ4n) is 2.98. The van der Waals surface area contributed by atoms with Crippen LogP contribution in [0.4, 0.5) is 0 Å². The van der Waals surface area contributed by atoms with Crippen LogP contribution in [0.1, 0.15) is 23.2 Å². The summed E-state index contributed by atoms with van der Waals surface area (Å²) in [7, 11) is 2.09. The zero-order chi connectivity index (χ0) is 19.6. The van der Waals surface area contributed by atoms with Gasteiger partial charge in [0.2, 0.25) is 0 Å². The third-order valence-electron chi connectivity index (χ3n) is 4.35. The number of carbonyl (C=O) groups excluding carboxylic acids is 1. The second-order valence-electron chi connectivity index (χ2n) is 6.47. The van der Waals surface area contributed by atoms with Crippen molar-refractivity contribution in [1.82, 2.24) is 10.2 Å². The number of likely N-dealkylation sites (tertiary alicyclic amines) is 1. The van der Waals surface area contributed by atoms with Gasteiger partial charge in [-0.3, -0.25) is 15.5 Å². The molecule has 3 rings (SSSR count). The fourth-order valence-corrected chi connectivity index (χ4v) is 4.49. The number of ether oxygens (including phenoxy) is 1. The predicted octanol–water partition coefficient (Wildman–Crippen LogP) is 3.82. The van der Waals surface area contributed by atoms with Gasteiger partial charge in [0.15, 0.2) is 5.96 Å². The summed E-state index contributed by atoms with van der Waals surface area (Å²) in [5, 5.41) is 9.58. The van der Waals surface area contributed by atoms with Crippen LogP contribution < -0.4 is 15.8 Å². The molecule has 27 heavy (non-hydrogen) atoms. The fraction of sp³-hybridized carbons (Fsp3) is 0.333. The Hall–Kier alpha value is -1.80. The molecular formula is C18H20Cl2N4O2S. The maximum absolute atomic E-state index is 12.4. The largest absolute Gasteiger partial charge is 0.490 e. The molecule has 0 aliphatic carbocycles. The van der Waals surface area contributed by atoms with Crippen molar-refractivity contribution in [3.8, 4) is 16.9 Å². The van der Waals surface area contributed by atoms with E-state index in [1.807, 2.05) is 6.07 Å². The van der Waals surface area contributed by atoms with Crippen LogP contribution in [-0.2, 0) is 0 Å². The maximum Gasteiger partial charge on any atom is 0.258 e. The molecule has 2 aromatic rings. The van der Waals surface area contributed by atoms with Crippen molar-refractivity contribution in [2.24, 2.45) is 5.73 Å². The molecule has 6 nitrogen and oxygen atoms in total. The van der Waals surface area contributed by atoms with E-state index in [-0.39, 0.29) is 6.10 Å². The van der Waals surface area contributed by atoms with Crippen molar-refractivity contribution in [3.63, 3.8) is 0 Å². The summed E-state index contributed by atoms with van der Waals surface area (Å²) >= 11 is 13.6. The predicted molar refractivity (Wildman–Crippen MR) is 110 cm³/mol. The minimum Gasteiger partial charge on any atom is -0.490 e. The van der Waals surface area contributed by atoms with Gasteiger partial charge in [0, 0.05) is 24.2 Å². The number of halogens is 2. The van der Waals surface area contributed by atoms with E-state index in [1.54, 1.807) is 18.2 Å². The van der Waals surface area contributed by atoms with E-state index in [0.717, 1.165) is 37.1 Å². The lowest BCUT2D eigenvalue weighted by molar-refractivity contribution is 0.0973. The first-order chi connectivity index (χ1) is 12.8. The maximum atomic E-state index is 12.4. The number of nitrogens with two attached hydrogens (primary N) is 1. The molecule has 1 aliphatic rings. The molecule has 9 heteroatoms. The normalized spacial score (nSPS) is 15.5. The van der Waals surface area contributed by atoms with Gasteiger partial charge in [-0.05, 0) is 49.7 Å². The number of amides is 1. The van der Waals surface area contributed by atoms with Crippen molar-refractivity contribution in [2.45, 2.75) is 18.9 Å². The summed E-state index contributed by atoms with van der Waals surface area (Å²) in [6.45, 7) is 1.93. The number of carbonyl (C=O) groups is 1. The lowest BCUT2D eigenvalue weighted by Gasteiger charge is -2.29. The Balaban J connectivity index is 1.94. The van der Waals surface area contributed by atoms with E-state index in [9.17, 15) is 4.79 Å². The van der Waals surface area contributed by atoms with Gasteiger partial charge in [-0.15, -0.1) is 11.3 Å². The first-order valence-corrected chi connectivity index (χ1v) is 10.00. The Kier molecular flexibility index (Phi) is 6.26. The average Bonchev–Trinajstić information content (AvgIpc) is 2.94. The third kappa shape index (κ3) is 5.13. The molecule has 144 valence electrons. The highest BCUT2D eigenvalue weighted by atomic mass is 35.5. The minimum atomic E-state index is -0.477. The Bertz CT molecular complexity index is 863. The van der Waals surface area contributed by atoms with Crippen LogP contribution in [0.5, 0.6) is 5.75 Å². The summed E-state index contributed by atoms with van der Waals surface area (Å²) < 4.78 is 7.24. The number of rotatable bonds is 4. The summed E-state index contributed by atoms with van der Waals surface area (Å²) in [5.41, 5.74) is 7.08. The number of nitrogens with one attached hydrogen (secondary N) is 2. The van der Waals surface area contributed by atoms with E-state index < -0.39 is 11.9 Å². The number of hydrogen-bond donors (Lipinski definition) is 3. The van der Waals surface area contributed by atoms with Crippen LogP contribution in [0.3, 0.4) is 0 Å². The molecule has 1 fully saturated rings. The van der Waals surface area contributed by atoms with E-state index in [0.29, 0.717) is 20.0 Å². The Morgan fingerprint density at radius 1 is 1.30 bits per heavy atom. The second-order valence-corrected chi connectivity index (χ2v) is 8.76. The molecule has 1 amide bonds. The van der Waals surface area contributed by atoms with Crippen molar-refractivity contribution in [1.29, 1.82) is 5.41 Å². The molecule has 0 unspecified atom stereocenters. The highest BCUT2D eigenvalue weighted by Gasteiger charge is 2.20. The summed E-state index contributed by atoms with van der Waals surface area (Å²) in [4.78, 5) is 14.6. The van der Waals surface area contributed by atoms with Gasteiger partial charge >= 0.3 is 0 Å². The molecule has 1 aromatic carbocycles. The average molecular weight is 427 g/mol. The minimum absolute atomic E-state index is 0.0849. The van der Waals surface area contributed by atoms with Crippen LogP contribution in [-0.4, -0.2) is 43.0 Å². The zero-order valence-electron chi connectivity index (χ0n) is 14.7. The number of nitrogens with zero attached hydrogens (tertiary/aromatic N) is 1. The number of piperidine rings is 1. The Labute approximate surface area is 171 Å². The SMILES string of the molecule is CN1CCC(Oc2cc(C(=O)NC(=N)N)cc(-c3cc(Cl)sc3Cl)c2)CC1. The molecule has 1 aliphatic heterocycles. The van der Waals surface area contributed by atoms with E-state index in [1.165, 1.54) is 11.3 Å². The topological polar surface area (TPSA) is 91.4 Å². The molecule has 0 spiro atoms. The number of guanidine groups is 1. The highest BCUT2D eigenvalue weighted by Crippen LogP contribution is 2.39. The molecule has 0 bridgehead atoms.